The number of carbonyl (C=O) groups is 4. The van der Waals surface area contributed by atoms with Gasteiger partial charge in [-0.15, -0.1) is 11.6 Å². The van der Waals surface area contributed by atoms with E-state index in [1.165, 1.54) is 0 Å². The van der Waals surface area contributed by atoms with Crippen LogP contribution in [0.2, 0.25) is 51.4 Å². The number of carbonyl (C=O) groups excluding carboxylic acids is 4. The number of benzene rings is 2. The summed E-state index contributed by atoms with van der Waals surface area (Å²) in [7, 11) is -2.76. The summed E-state index contributed by atoms with van der Waals surface area (Å²) >= 11 is 22.6. The molecule has 2 aromatic carbocycles. The lowest BCUT2D eigenvalue weighted by Gasteiger charge is -2.37. The van der Waals surface area contributed by atoms with E-state index in [2.05, 4.69) is 114 Å². The molecular weight excluding hydrogens is 1250 g/mol. The zero-order chi connectivity index (χ0) is 51.9. The standard InChI is InChI=1S/C50H59Br4ClN10O6Si2/c1-72(2,3)17-15-70-27-62-37(19-35(51)42(62)53)44(66)56-23-33-34(24-57-45(67)38-20-36(52)43(54)63(38)28-71-16-18-73(4,5)6)41(55)50-39(33)40-46(68)60-25-31-13-9-7-11-29(31)21-58-48(60)64(40)65(50)49-59-22-30-12-8-10-14-32(30)26-61(49)47(50)69/h7-14,19-20,33-34,39-41H,15-18,21-28H2,1-6H3,(H,56,66)(H,57,67)/t33-,34+,39-,40?,41+,50+/m1/s1. The molecule has 0 radical (unpaired) electrons. The second kappa shape index (κ2) is 20.4. The van der Waals surface area contributed by atoms with Crippen molar-refractivity contribution >= 4 is 127 Å². The zero-order valence-electron chi connectivity index (χ0n) is 41.6. The molecule has 16 nitrogen and oxygen atoms in total. The van der Waals surface area contributed by atoms with E-state index < -0.39 is 50.9 Å². The lowest BCUT2D eigenvalue weighted by atomic mass is 9.78. The fraction of sp³-hybridized carbons (Fsp3) is 0.480. The van der Waals surface area contributed by atoms with Crippen molar-refractivity contribution in [1.82, 2.24) is 39.6 Å². The number of amides is 4. The van der Waals surface area contributed by atoms with Crippen LogP contribution in [0.15, 0.2) is 88.8 Å². The molecule has 0 bridgehead atoms. The number of alkyl halides is 1. The molecule has 73 heavy (non-hydrogen) atoms. The third-order valence-electron chi connectivity index (χ3n) is 15.0. The fourth-order valence-electron chi connectivity index (χ4n) is 11.2. The molecule has 6 atom stereocenters. The predicted octanol–water partition coefficient (Wildman–Crippen LogP) is 9.06. The highest BCUT2D eigenvalue weighted by Crippen LogP contribution is 2.62. The smallest absolute Gasteiger partial charge is 0.268 e. The number of hydrogen-bond donors (Lipinski definition) is 2. The molecule has 7 heterocycles. The first-order chi connectivity index (χ1) is 34.7. The molecule has 6 aliphatic rings. The second-order valence-corrected chi connectivity index (χ2v) is 37.0. The number of hydrogen-bond acceptors (Lipinski definition) is 10. The summed E-state index contributed by atoms with van der Waals surface area (Å²) in [6.45, 7) is 16.3. The second-order valence-electron chi connectivity index (χ2n) is 22.1. The van der Waals surface area contributed by atoms with Gasteiger partial charge in [0.2, 0.25) is 11.9 Å². The Morgan fingerprint density at radius 1 is 0.699 bits per heavy atom. The van der Waals surface area contributed by atoms with Gasteiger partial charge in [-0.05, 0) is 116 Å². The molecule has 388 valence electrons. The number of halogens is 5. The van der Waals surface area contributed by atoms with Crippen molar-refractivity contribution in [2.45, 2.75) is 108 Å². The third-order valence-corrected chi connectivity index (χ3v) is 23.1. The maximum Gasteiger partial charge on any atom is 0.268 e. The molecule has 4 fully saturated rings. The maximum absolute atomic E-state index is 16.0. The van der Waals surface area contributed by atoms with E-state index >= 15 is 9.59 Å². The van der Waals surface area contributed by atoms with Crippen molar-refractivity contribution < 1.29 is 28.7 Å². The topological polar surface area (TPSA) is 158 Å². The SMILES string of the molecule is C[Si](C)(C)CCOCn1c(C(=O)NC[C@@H]2[C@H](CNC(=O)c3cc(Br)c(Br)n3COCC[Si](C)(C)C)[C@H](Cl)[C@@]34C(=O)N5Cc6ccccc6CN=C5N3N3C5=NCc6ccccc6CN5C(=O)C3[C@@H]24)cc(Br)c1Br. The van der Waals surface area contributed by atoms with Crippen LogP contribution in [-0.2, 0) is 58.7 Å². The first-order valence-electron chi connectivity index (χ1n) is 24.6. The summed E-state index contributed by atoms with van der Waals surface area (Å²) in [5.41, 5.74) is 3.05. The first kappa shape index (κ1) is 52.8. The highest BCUT2D eigenvalue weighted by molar-refractivity contribution is 9.13. The van der Waals surface area contributed by atoms with Crippen molar-refractivity contribution in [1.29, 1.82) is 0 Å². The van der Waals surface area contributed by atoms with E-state index in [1.54, 1.807) is 31.1 Å². The predicted molar refractivity (Wildman–Crippen MR) is 299 cm³/mol. The van der Waals surface area contributed by atoms with Gasteiger partial charge in [0.05, 0.1) is 40.5 Å². The van der Waals surface area contributed by atoms with Gasteiger partial charge in [0.15, 0.2) is 5.54 Å². The summed E-state index contributed by atoms with van der Waals surface area (Å²) < 4.78 is 18.5. The highest BCUT2D eigenvalue weighted by atomic mass is 79.9. The van der Waals surface area contributed by atoms with Gasteiger partial charge in [0.1, 0.15) is 40.1 Å². The zero-order valence-corrected chi connectivity index (χ0v) is 50.7. The molecule has 1 saturated carbocycles. The van der Waals surface area contributed by atoms with Crippen LogP contribution in [0.4, 0.5) is 0 Å². The molecule has 1 spiro atoms. The van der Waals surface area contributed by atoms with Gasteiger partial charge >= 0.3 is 0 Å². The number of nitrogens with zero attached hydrogens (tertiary/aromatic N) is 8. The summed E-state index contributed by atoms with van der Waals surface area (Å²) in [5, 5.41) is 9.19. The van der Waals surface area contributed by atoms with E-state index in [-0.39, 0.29) is 63.3 Å². The van der Waals surface area contributed by atoms with Crippen LogP contribution in [0.3, 0.4) is 0 Å². The summed E-state index contributed by atoms with van der Waals surface area (Å²) in [6.07, 6.45) is 0. The van der Waals surface area contributed by atoms with Crippen LogP contribution in [0.1, 0.15) is 43.2 Å². The summed E-state index contributed by atoms with van der Waals surface area (Å²) in [5.74, 6) is -2.60. The Labute approximate surface area is 466 Å². The van der Waals surface area contributed by atoms with E-state index in [9.17, 15) is 9.59 Å². The number of rotatable bonds is 16. The Morgan fingerprint density at radius 3 is 1.67 bits per heavy atom. The molecule has 4 aromatic rings. The van der Waals surface area contributed by atoms with Gasteiger partial charge in [-0.3, -0.25) is 29.0 Å². The largest absolute Gasteiger partial charge is 0.361 e. The molecule has 5 aliphatic heterocycles. The van der Waals surface area contributed by atoms with E-state index in [0.717, 1.165) is 34.3 Å². The Hall–Kier alpha value is -3.62. The number of nitrogens with one attached hydrogen (secondary N) is 2. The van der Waals surface area contributed by atoms with E-state index in [0.29, 0.717) is 67.8 Å². The van der Waals surface area contributed by atoms with E-state index in [4.69, 9.17) is 31.1 Å². The van der Waals surface area contributed by atoms with Crippen LogP contribution in [-0.4, -0.2) is 124 Å². The Bertz CT molecular complexity index is 2960. The van der Waals surface area contributed by atoms with Crippen molar-refractivity contribution in [2.24, 2.45) is 27.7 Å². The highest BCUT2D eigenvalue weighted by Gasteiger charge is 2.82. The van der Waals surface area contributed by atoms with Gasteiger partial charge in [0, 0.05) is 54.3 Å². The number of ether oxygens (including phenoxy) is 2. The Balaban J connectivity index is 1.04. The minimum atomic E-state index is -1.57. The average Bonchev–Trinajstić information content (AvgIpc) is 4.02. The molecular formula is C50H59Br4ClN10O6Si2. The average molecular weight is 1310 g/mol. The van der Waals surface area contributed by atoms with E-state index in [1.807, 2.05) is 58.5 Å². The Kier molecular flexibility index (Phi) is 14.8. The third kappa shape index (κ3) is 9.47. The number of aromatic nitrogens is 2. The monoisotopic (exact) mass is 1300 g/mol. The van der Waals surface area contributed by atoms with Crippen LogP contribution in [0.5, 0.6) is 0 Å². The number of hydrazine groups is 1. The minimum absolute atomic E-state index is 0.00761. The summed E-state index contributed by atoms with van der Waals surface area (Å²) in [4.78, 5) is 74.5. The van der Waals surface area contributed by atoms with Gasteiger partial charge in [-0.25, -0.2) is 20.0 Å². The molecule has 10 rings (SSSR count). The fourth-order valence-corrected chi connectivity index (χ4v) is 15.0. The molecule has 3 saturated heterocycles. The molecule has 23 heteroatoms. The van der Waals surface area contributed by atoms with Crippen molar-refractivity contribution in [2.75, 3.05) is 26.3 Å². The number of guanidine groups is 2. The van der Waals surface area contributed by atoms with Gasteiger partial charge in [-0.1, -0.05) is 87.8 Å². The lowest BCUT2D eigenvalue weighted by molar-refractivity contribution is -0.135. The van der Waals surface area contributed by atoms with Crippen molar-refractivity contribution in [3.8, 4) is 0 Å². The number of fused-ring (bicyclic) bond motifs is 9. The molecule has 2 N–H and O–H groups in total. The van der Waals surface area contributed by atoms with Crippen molar-refractivity contribution in [3.05, 3.63) is 112 Å². The summed E-state index contributed by atoms with van der Waals surface area (Å²) in [6, 6.07) is 20.4. The molecule has 1 aliphatic carbocycles. The Morgan fingerprint density at radius 2 is 1.16 bits per heavy atom. The van der Waals surface area contributed by atoms with Crippen LogP contribution < -0.4 is 10.6 Å². The molecule has 2 aromatic heterocycles. The van der Waals surface area contributed by atoms with Crippen molar-refractivity contribution in [3.63, 3.8) is 0 Å². The van der Waals surface area contributed by atoms with Crippen LogP contribution in [0.25, 0.3) is 0 Å². The minimum Gasteiger partial charge on any atom is -0.361 e. The van der Waals surface area contributed by atoms with Gasteiger partial charge in [-0.2, -0.15) is 0 Å². The van der Waals surface area contributed by atoms with Gasteiger partial charge in [0.25, 0.3) is 23.6 Å². The quantitative estimate of drug-likeness (QED) is 0.0639. The molecule has 4 amide bonds. The van der Waals surface area contributed by atoms with Gasteiger partial charge < -0.3 is 29.2 Å². The first-order valence-corrected chi connectivity index (χ1v) is 35.6. The maximum atomic E-state index is 16.0. The van der Waals surface area contributed by atoms with Crippen LogP contribution >= 0.6 is 75.3 Å². The lowest BCUT2D eigenvalue weighted by Crippen LogP contribution is -2.59. The number of aliphatic imine (C=N–C) groups is 2. The van der Waals surface area contributed by atoms with Crippen LogP contribution in [0, 0.1) is 17.8 Å². The normalized spacial score (nSPS) is 24.0. The molecule has 1 unspecified atom stereocenters.